The number of methoxy groups -OCH3 is 1. The Morgan fingerprint density at radius 2 is 2.15 bits per heavy atom. The Morgan fingerprint density at radius 1 is 1.29 bits per heavy atom. The average Bonchev–Trinajstić information content (AvgIpc) is 3.45. The number of aromatic nitrogens is 2. The number of hydrogen-bond acceptors (Lipinski definition) is 8. The number of fused-ring (bicyclic) bond motifs is 3. The van der Waals surface area contributed by atoms with E-state index < -0.39 is 0 Å². The second-order valence-electron chi connectivity index (χ2n) is 8.11. The van der Waals surface area contributed by atoms with Crippen LogP contribution >= 0.6 is 23.1 Å². The van der Waals surface area contributed by atoms with Crippen molar-refractivity contribution in [2.45, 2.75) is 25.0 Å². The summed E-state index contributed by atoms with van der Waals surface area (Å²) in [7, 11) is 1.58. The summed E-state index contributed by atoms with van der Waals surface area (Å²) in [4.78, 5) is 48.7. The van der Waals surface area contributed by atoms with Gasteiger partial charge in [0.1, 0.15) is 10.6 Å². The quantitative estimate of drug-likeness (QED) is 0.411. The van der Waals surface area contributed by atoms with Crippen molar-refractivity contribution >= 4 is 45.3 Å². The number of urea groups is 1. The molecule has 11 heteroatoms. The Kier molecular flexibility index (Phi) is 6.32. The molecule has 1 aromatic carbocycles. The Hall–Kier alpha value is -2.89. The summed E-state index contributed by atoms with van der Waals surface area (Å²) >= 11 is 2.72. The Morgan fingerprint density at radius 3 is 2.88 bits per heavy atom. The Bertz CT molecular complexity index is 1330. The second kappa shape index (κ2) is 9.40. The minimum absolute atomic E-state index is 0.00401. The summed E-state index contributed by atoms with van der Waals surface area (Å²) < 4.78 is 6.93. The highest BCUT2D eigenvalue weighted by Gasteiger charge is 2.28. The lowest BCUT2D eigenvalue weighted by molar-refractivity contribution is -0.124. The molecule has 0 bridgehead atoms. The van der Waals surface area contributed by atoms with Gasteiger partial charge in [-0.3, -0.25) is 24.0 Å². The van der Waals surface area contributed by atoms with E-state index in [1.54, 1.807) is 29.1 Å². The molecule has 0 saturated carbocycles. The van der Waals surface area contributed by atoms with E-state index >= 15 is 0 Å². The van der Waals surface area contributed by atoms with E-state index in [1.165, 1.54) is 21.5 Å². The number of ether oxygens (including phenoxy) is 1. The van der Waals surface area contributed by atoms with Crippen molar-refractivity contribution in [3.8, 4) is 11.4 Å². The molecular formula is C23H25N5O4S2. The van der Waals surface area contributed by atoms with Crippen LogP contribution in [0.5, 0.6) is 5.75 Å². The molecule has 2 aromatic heterocycles. The van der Waals surface area contributed by atoms with Crippen LogP contribution in [0.4, 0.5) is 4.79 Å². The van der Waals surface area contributed by atoms with Crippen molar-refractivity contribution in [2.24, 2.45) is 0 Å². The maximum absolute atomic E-state index is 13.9. The molecule has 2 aliphatic rings. The zero-order valence-corrected chi connectivity index (χ0v) is 20.6. The molecule has 34 heavy (non-hydrogen) atoms. The highest BCUT2D eigenvalue weighted by molar-refractivity contribution is 7.99. The summed E-state index contributed by atoms with van der Waals surface area (Å²) in [6, 6.07) is 6.86. The smallest absolute Gasteiger partial charge is 0.324 e. The van der Waals surface area contributed by atoms with Crippen LogP contribution in [0.25, 0.3) is 15.9 Å². The highest BCUT2D eigenvalue weighted by Crippen LogP contribution is 2.34. The van der Waals surface area contributed by atoms with E-state index in [9.17, 15) is 14.4 Å². The van der Waals surface area contributed by atoms with Crippen molar-refractivity contribution in [1.82, 2.24) is 24.7 Å². The van der Waals surface area contributed by atoms with Crippen molar-refractivity contribution in [1.29, 1.82) is 0 Å². The van der Waals surface area contributed by atoms with Crippen molar-refractivity contribution < 1.29 is 14.3 Å². The predicted molar refractivity (Wildman–Crippen MR) is 132 cm³/mol. The molecule has 4 heterocycles. The number of rotatable bonds is 6. The lowest BCUT2D eigenvalue weighted by Gasteiger charge is -2.25. The van der Waals surface area contributed by atoms with Gasteiger partial charge >= 0.3 is 6.03 Å². The fraction of sp³-hybridized carbons (Fsp3) is 0.391. The Balaban J connectivity index is 1.60. The van der Waals surface area contributed by atoms with Crippen molar-refractivity contribution in [2.75, 3.05) is 39.0 Å². The van der Waals surface area contributed by atoms with Gasteiger partial charge < -0.3 is 10.1 Å². The number of imide groups is 1. The number of nitrogens with zero attached hydrogens (tertiary/aromatic N) is 4. The molecule has 0 spiro atoms. The molecule has 2 aliphatic heterocycles. The summed E-state index contributed by atoms with van der Waals surface area (Å²) in [5, 5.41) is 3.72. The fourth-order valence-corrected chi connectivity index (χ4v) is 6.53. The molecule has 0 radical (unpaired) electrons. The van der Waals surface area contributed by atoms with Gasteiger partial charge in [-0.25, -0.2) is 9.78 Å². The van der Waals surface area contributed by atoms with E-state index in [1.807, 2.05) is 18.2 Å². The number of benzene rings is 1. The lowest BCUT2D eigenvalue weighted by Crippen LogP contribution is -2.35. The van der Waals surface area contributed by atoms with Gasteiger partial charge in [0, 0.05) is 37.1 Å². The van der Waals surface area contributed by atoms with Gasteiger partial charge in [0.05, 0.1) is 23.9 Å². The van der Waals surface area contributed by atoms with Crippen molar-refractivity contribution in [3.63, 3.8) is 0 Å². The molecule has 1 saturated heterocycles. The molecule has 9 nitrogen and oxygen atoms in total. The van der Waals surface area contributed by atoms with Crippen molar-refractivity contribution in [3.05, 3.63) is 45.1 Å². The number of hydrogen-bond donors (Lipinski definition) is 1. The zero-order valence-electron chi connectivity index (χ0n) is 19.0. The van der Waals surface area contributed by atoms with E-state index in [-0.39, 0.29) is 23.3 Å². The third kappa shape index (κ3) is 4.08. The molecule has 3 amide bonds. The number of thioether (sulfide) groups is 1. The average molecular weight is 500 g/mol. The van der Waals surface area contributed by atoms with Gasteiger partial charge in [0.2, 0.25) is 5.91 Å². The first-order valence-electron chi connectivity index (χ1n) is 11.1. The van der Waals surface area contributed by atoms with Gasteiger partial charge in [-0.15, -0.1) is 11.3 Å². The summed E-state index contributed by atoms with van der Waals surface area (Å²) in [5.41, 5.74) is 1.56. The molecule has 1 N–H and O–H groups in total. The molecule has 5 rings (SSSR count). The third-order valence-electron chi connectivity index (χ3n) is 6.16. The molecule has 1 fully saturated rings. The van der Waals surface area contributed by atoms with Gasteiger partial charge in [-0.05, 0) is 30.7 Å². The van der Waals surface area contributed by atoms with E-state index in [0.29, 0.717) is 39.9 Å². The molecule has 0 atom stereocenters. The normalized spacial score (nSPS) is 16.1. The van der Waals surface area contributed by atoms with Crippen LogP contribution in [0.3, 0.4) is 0 Å². The predicted octanol–water partition coefficient (Wildman–Crippen LogP) is 2.48. The SMILES string of the molecule is CCN1CCc2c(sc3nc(SCC(=O)N4CCNC4=O)n(-c4cccc(OC)c4)c(=O)c23)C1. The van der Waals surface area contributed by atoms with Crippen LogP contribution in [-0.2, 0) is 17.8 Å². The molecule has 0 unspecified atom stereocenters. The monoisotopic (exact) mass is 499 g/mol. The van der Waals surface area contributed by atoms with Crippen LogP contribution in [0, 0.1) is 0 Å². The zero-order chi connectivity index (χ0) is 23.8. The minimum Gasteiger partial charge on any atom is -0.497 e. The number of thiophene rings is 1. The summed E-state index contributed by atoms with van der Waals surface area (Å²) in [5.74, 6) is 0.316. The van der Waals surface area contributed by atoms with Crippen LogP contribution in [0.15, 0.2) is 34.2 Å². The first-order chi connectivity index (χ1) is 16.5. The molecule has 178 valence electrons. The summed E-state index contributed by atoms with van der Waals surface area (Å²) in [6.45, 7) is 5.62. The Labute approximate surface area is 204 Å². The van der Waals surface area contributed by atoms with Gasteiger partial charge in [-0.2, -0.15) is 0 Å². The maximum Gasteiger partial charge on any atom is 0.324 e. The van der Waals surface area contributed by atoms with E-state index in [4.69, 9.17) is 9.72 Å². The fourth-order valence-electron chi connectivity index (χ4n) is 4.33. The first kappa shape index (κ1) is 22.9. The van der Waals surface area contributed by atoms with E-state index in [0.717, 1.165) is 31.6 Å². The first-order valence-corrected chi connectivity index (χ1v) is 13.0. The lowest BCUT2D eigenvalue weighted by atomic mass is 10.1. The number of carbonyl (C=O) groups is 2. The largest absolute Gasteiger partial charge is 0.497 e. The van der Waals surface area contributed by atoms with Crippen LogP contribution in [0.1, 0.15) is 17.4 Å². The maximum atomic E-state index is 13.9. The molecule has 0 aliphatic carbocycles. The molecular weight excluding hydrogens is 474 g/mol. The van der Waals surface area contributed by atoms with Crippen LogP contribution < -0.4 is 15.6 Å². The van der Waals surface area contributed by atoms with E-state index in [2.05, 4.69) is 17.1 Å². The second-order valence-corrected chi connectivity index (χ2v) is 10.1. The molecule has 3 aromatic rings. The third-order valence-corrected chi connectivity index (χ3v) is 8.20. The number of nitrogens with one attached hydrogen (secondary N) is 1. The standard InChI is InChI=1S/C23H25N5O4S2/c1-3-26-9-7-16-17(12-26)34-20-19(16)21(30)28(14-5-4-6-15(11-14)32-2)23(25-20)33-13-18(29)27-10-8-24-22(27)31/h4-6,11H,3,7-10,12-13H2,1-2H3,(H,24,31). The topological polar surface area (TPSA) is 96.8 Å². The van der Waals surface area contributed by atoms with Gasteiger partial charge in [-0.1, -0.05) is 24.8 Å². The van der Waals surface area contributed by atoms with Crippen LogP contribution in [-0.4, -0.2) is 70.3 Å². The highest BCUT2D eigenvalue weighted by atomic mass is 32.2. The number of amides is 3. The van der Waals surface area contributed by atoms with Gasteiger partial charge in [0.15, 0.2) is 5.16 Å². The summed E-state index contributed by atoms with van der Waals surface area (Å²) in [6.07, 6.45) is 0.813. The number of likely N-dealkylation sites (N-methyl/N-ethyl adjacent to an activating group) is 1. The van der Waals surface area contributed by atoms with Gasteiger partial charge in [0.25, 0.3) is 5.56 Å². The minimum atomic E-state index is -0.384. The number of carbonyl (C=O) groups excluding carboxylic acids is 2. The van der Waals surface area contributed by atoms with Crippen LogP contribution in [0.2, 0.25) is 0 Å².